The molecular formula is C25H43N. The number of rotatable bonds is 7. The molecule has 148 valence electrons. The maximum Gasteiger partial charge on any atom is 0.0427 e. The zero-order chi connectivity index (χ0) is 19.8. The molecule has 0 N–H and O–H groups in total. The fraction of sp³-hybridized carbons (Fsp3) is 0.640. The normalized spacial score (nSPS) is 16.5. The molecule has 1 heteroatoms. The third-order valence-electron chi connectivity index (χ3n) is 4.70. The van der Waals surface area contributed by atoms with Gasteiger partial charge in [0.2, 0.25) is 0 Å². The van der Waals surface area contributed by atoms with Gasteiger partial charge < -0.3 is 0 Å². The molecule has 0 radical (unpaired) electrons. The minimum atomic E-state index is 0.644. The Bertz CT molecular complexity index is 484. The molecule has 1 aromatic carbocycles. The molecule has 1 aliphatic heterocycles. The van der Waals surface area contributed by atoms with Crippen molar-refractivity contribution in [2.45, 2.75) is 86.5 Å². The predicted octanol–water partition coefficient (Wildman–Crippen LogP) is 8.10. The molecule has 0 aliphatic carbocycles. The van der Waals surface area contributed by atoms with Crippen LogP contribution in [0.15, 0.2) is 47.5 Å². The smallest absolute Gasteiger partial charge is 0.0427 e. The molecule has 1 nitrogen and oxygen atoms in total. The summed E-state index contributed by atoms with van der Waals surface area (Å²) >= 11 is 0. The van der Waals surface area contributed by atoms with Gasteiger partial charge in [0.1, 0.15) is 0 Å². The summed E-state index contributed by atoms with van der Waals surface area (Å²) in [5.74, 6) is 1.31. The second-order valence-corrected chi connectivity index (χ2v) is 7.46. The number of unbranched alkanes of at least 4 members (excludes halogenated alkanes) is 2. The van der Waals surface area contributed by atoms with E-state index >= 15 is 0 Å². The van der Waals surface area contributed by atoms with Crippen molar-refractivity contribution in [1.82, 2.24) is 0 Å². The first-order valence-electron chi connectivity index (χ1n) is 10.8. The molecule has 0 saturated carbocycles. The molecule has 0 bridgehead atoms. The van der Waals surface area contributed by atoms with Crippen LogP contribution in [0.5, 0.6) is 0 Å². The molecular weight excluding hydrogens is 314 g/mol. The Morgan fingerprint density at radius 1 is 1.08 bits per heavy atom. The summed E-state index contributed by atoms with van der Waals surface area (Å²) in [5.41, 5.74) is 3.96. The van der Waals surface area contributed by atoms with Gasteiger partial charge in [0.25, 0.3) is 0 Å². The van der Waals surface area contributed by atoms with Crippen molar-refractivity contribution in [2.75, 3.05) is 6.54 Å². The molecule has 0 aromatic heterocycles. The fourth-order valence-electron chi connectivity index (χ4n) is 2.83. The van der Waals surface area contributed by atoms with E-state index in [1.54, 1.807) is 0 Å². The highest BCUT2D eigenvalue weighted by Gasteiger charge is 2.21. The van der Waals surface area contributed by atoms with E-state index in [1.807, 2.05) is 0 Å². The van der Waals surface area contributed by atoms with Crippen LogP contribution in [0.2, 0.25) is 0 Å². The first-order valence-corrected chi connectivity index (χ1v) is 10.8. The Labute approximate surface area is 164 Å². The molecule has 26 heavy (non-hydrogen) atoms. The van der Waals surface area contributed by atoms with Crippen molar-refractivity contribution in [3.8, 4) is 0 Å². The van der Waals surface area contributed by atoms with Crippen molar-refractivity contribution in [3.05, 3.63) is 48.0 Å². The monoisotopic (exact) mass is 357 g/mol. The third-order valence-corrected chi connectivity index (χ3v) is 4.70. The molecule has 1 aliphatic rings. The van der Waals surface area contributed by atoms with Crippen LogP contribution in [-0.4, -0.2) is 12.3 Å². The van der Waals surface area contributed by atoms with E-state index in [1.165, 1.54) is 49.0 Å². The highest BCUT2D eigenvalue weighted by Crippen LogP contribution is 2.27. The summed E-state index contributed by atoms with van der Waals surface area (Å²) in [5, 5.41) is 0. The summed E-state index contributed by atoms with van der Waals surface area (Å²) in [6, 6.07) is 10.5. The summed E-state index contributed by atoms with van der Waals surface area (Å²) in [6.07, 6.45) is 8.76. The minimum absolute atomic E-state index is 0.644. The van der Waals surface area contributed by atoms with E-state index < -0.39 is 0 Å². The maximum absolute atomic E-state index is 4.70. The van der Waals surface area contributed by atoms with E-state index in [9.17, 15) is 0 Å². The van der Waals surface area contributed by atoms with Crippen LogP contribution in [0.25, 0.3) is 0 Å². The van der Waals surface area contributed by atoms with Crippen LogP contribution in [0.4, 0.5) is 0 Å². The summed E-state index contributed by atoms with van der Waals surface area (Å²) in [6.45, 7) is 18.4. The van der Waals surface area contributed by atoms with E-state index in [0.717, 1.165) is 19.4 Å². The van der Waals surface area contributed by atoms with Gasteiger partial charge in [0.05, 0.1) is 0 Å². The Balaban J connectivity index is 0.000000663. The second kappa shape index (κ2) is 15.9. The lowest BCUT2D eigenvalue weighted by molar-refractivity contribution is 0.529. The number of allylic oxidation sites excluding steroid dienone is 1. The molecule has 2 rings (SSSR count). The average molecular weight is 358 g/mol. The first-order chi connectivity index (χ1) is 12.5. The largest absolute Gasteiger partial charge is 0.289 e. The summed E-state index contributed by atoms with van der Waals surface area (Å²) < 4.78 is 0. The third kappa shape index (κ3) is 10.6. The topological polar surface area (TPSA) is 12.4 Å². The lowest BCUT2D eigenvalue weighted by Gasteiger charge is -2.16. The number of nitrogens with zero attached hydrogens (tertiary/aromatic N) is 1. The lowest BCUT2D eigenvalue weighted by Crippen LogP contribution is -2.07. The van der Waals surface area contributed by atoms with Gasteiger partial charge in [-0.25, -0.2) is 0 Å². The second-order valence-electron chi connectivity index (χ2n) is 7.46. The first kappa shape index (κ1) is 24.6. The molecule has 0 fully saturated rings. The summed E-state index contributed by atoms with van der Waals surface area (Å²) in [7, 11) is 0. The predicted molar refractivity (Wildman–Crippen MR) is 120 cm³/mol. The van der Waals surface area contributed by atoms with Gasteiger partial charge in [-0.05, 0) is 36.7 Å². The van der Waals surface area contributed by atoms with Gasteiger partial charge in [-0.1, -0.05) is 110 Å². The molecule has 2 atom stereocenters. The number of hydrogen-bond acceptors (Lipinski definition) is 1. The zero-order valence-corrected chi connectivity index (χ0v) is 18.4. The van der Waals surface area contributed by atoms with Crippen molar-refractivity contribution in [2.24, 2.45) is 16.8 Å². The van der Waals surface area contributed by atoms with Crippen LogP contribution in [-0.2, 0) is 0 Å². The lowest BCUT2D eigenvalue weighted by atomic mass is 9.89. The molecule has 1 heterocycles. The zero-order valence-electron chi connectivity index (χ0n) is 18.4. The quantitative estimate of drug-likeness (QED) is 0.437. The Morgan fingerprint density at radius 2 is 1.65 bits per heavy atom. The molecule has 0 spiro atoms. The SMILES string of the molecule is C=C(CC1CN=C(c2ccccc2)C1)C(C)CC.CCC.CCCCC. The van der Waals surface area contributed by atoms with Gasteiger partial charge in [0, 0.05) is 12.3 Å². The van der Waals surface area contributed by atoms with Crippen LogP contribution < -0.4 is 0 Å². The van der Waals surface area contributed by atoms with E-state index in [4.69, 9.17) is 4.99 Å². The minimum Gasteiger partial charge on any atom is -0.289 e. The maximum atomic E-state index is 4.70. The van der Waals surface area contributed by atoms with E-state index in [2.05, 4.69) is 78.5 Å². The number of benzene rings is 1. The van der Waals surface area contributed by atoms with Crippen molar-refractivity contribution in [1.29, 1.82) is 0 Å². The van der Waals surface area contributed by atoms with Gasteiger partial charge in [-0.3, -0.25) is 4.99 Å². The average Bonchev–Trinajstić information content (AvgIpc) is 3.12. The van der Waals surface area contributed by atoms with Crippen LogP contribution in [0.1, 0.15) is 92.1 Å². The van der Waals surface area contributed by atoms with Gasteiger partial charge in [-0.2, -0.15) is 0 Å². The Morgan fingerprint density at radius 3 is 2.12 bits per heavy atom. The van der Waals surface area contributed by atoms with E-state index in [-0.39, 0.29) is 0 Å². The van der Waals surface area contributed by atoms with Gasteiger partial charge >= 0.3 is 0 Å². The van der Waals surface area contributed by atoms with Crippen molar-refractivity contribution < 1.29 is 0 Å². The molecule has 1 aromatic rings. The number of hydrogen-bond donors (Lipinski definition) is 0. The van der Waals surface area contributed by atoms with Crippen LogP contribution >= 0.6 is 0 Å². The Hall–Kier alpha value is -1.37. The highest BCUT2D eigenvalue weighted by atomic mass is 14.8. The summed E-state index contributed by atoms with van der Waals surface area (Å²) in [4.78, 5) is 4.70. The number of aliphatic imine (C=N–C) groups is 1. The van der Waals surface area contributed by atoms with Gasteiger partial charge in [-0.15, -0.1) is 0 Å². The highest BCUT2D eigenvalue weighted by molar-refractivity contribution is 6.01. The molecule has 2 unspecified atom stereocenters. The van der Waals surface area contributed by atoms with Crippen LogP contribution in [0, 0.1) is 11.8 Å². The molecule has 0 saturated heterocycles. The van der Waals surface area contributed by atoms with Crippen LogP contribution in [0.3, 0.4) is 0 Å². The van der Waals surface area contributed by atoms with E-state index in [0.29, 0.717) is 11.8 Å². The standard InChI is InChI=1S/C17H23N.C5H12.C3H8/c1-4-13(2)14(3)10-15-11-17(18-12-15)16-8-6-5-7-9-16;1-3-5-4-2;1-3-2/h5-9,13,15H,3-4,10-12H2,1-2H3;3-5H2,1-2H3;3H2,1-2H3. The van der Waals surface area contributed by atoms with Crippen molar-refractivity contribution >= 4 is 5.71 Å². The molecule has 0 amide bonds. The fourth-order valence-corrected chi connectivity index (χ4v) is 2.83. The van der Waals surface area contributed by atoms with Crippen molar-refractivity contribution in [3.63, 3.8) is 0 Å². The van der Waals surface area contributed by atoms with Gasteiger partial charge in [0.15, 0.2) is 0 Å². The Kier molecular flexibility index (Phi) is 15.0.